The highest BCUT2D eigenvalue weighted by atomic mass is 16.7. The van der Waals surface area contributed by atoms with E-state index in [0.717, 1.165) is 27.7 Å². The molecule has 6 rings (SSSR count). The third-order valence-corrected chi connectivity index (χ3v) is 11.3. The largest absolute Gasteiger partial charge is 0.489 e. The van der Waals surface area contributed by atoms with E-state index in [1.54, 1.807) is 67.0 Å². The molecule has 0 saturated heterocycles. The fourth-order valence-corrected chi connectivity index (χ4v) is 7.63. The number of hydrogen-bond donors (Lipinski definition) is 0. The van der Waals surface area contributed by atoms with Gasteiger partial charge in [-0.2, -0.15) is 0 Å². The normalized spacial score (nSPS) is 10.8. The molecule has 3 heterocycles. The highest BCUT2D eigenvalue weighted by molar-refractivity contribution is 6.05. The minimum absolute atomic E-state index is 0.00642. The lowest BCUT2D eigenvalue weighted by molar-refractivity contribution is -0.170. The van der Waals surface area contributed by atoms with Gasteiger partial charge in [-0.3, -0.25) is 62.8 Å². The van der Waals surface area contributed by atoms with Crippen molar-refractivity contribution in [2.45, 2.75) is 34.6 Å². The zero-order chi connectivity index (χ0) is 59.8. The molecule has 0 bridgehead atoms. The lowest BCUT2D eigenvalue weighted by atomic mass is 9.89. The number of aromatic nitrogens is 2. The van der Waals surface area contributed by atoms with Crippen LogP contribution in [0, 0.1) is 0 Å². The summed E-state index contributed by atoms with van der Waals surface area (Å²) < 4.78 is 69.0. The molecule has 4 aromatic rings. The quantitative estimate of drug-likeness (QED) is 0.0199. The van der Waals surface area contributed by atoms with Crippen molar-refractivity contribution in [1.29, 1.82) is 0 Å². The van der Waals surface area contributed by atoms with Gasteiger partial charge in [0.25, 0.3) is 0 Å². The van der Waals surface area contributed by atoms with E-state index in [4.69, 9.17) is 51.8 Å². The predicted octanol–water partition coefficient (Wildman–Crippen LogP) is 4.35. The fourth-order valence-electron chi connectivity index (χ4n) is 7.63. The van der Waals surface area contributed by atoms with E-state index in [1.165, 1.54) is 41.2 Å². The minimum atomic E-state index is -0.971. The highest BCUT2D eigenvalue weighted by Crippen LogP contribution is 2.46. The van der Waals surface area contributed by atoms with Gasteiger partial charge in [-0.15, -0.1) is 0 Å². The van der Waals surface area contributed by atoms with Gasteiger partial charge in [-0.25, -0.2) is 0 Å². The molecule has 0 atom stereocenters. The molecule has 2 aliphatic rings. The van der Waals surface area contributed by atoms with Crippen molar-refractivity contribution in [3.63, 3.8) is 0 Å². The Labute approximate surface area is 472 Å². The van der Waals surface area contributed by atoms with Crippen LogP contribution in [0.3, 0.4) is 0 Å². The Morgan fingerprint density at radius 2 is 0.952 bits per heavy atom. The third kappa shape index (κ3) is 19.6. The van der Waals surface area contributed by atoms with E-state index in [0.29, 0.717) is 44.3 Å². The average Bonchev–Trinajstić information content (AvgIpc) is 1.72. The van der Waals surface area contributed by atoms with Gasteiger partial charge in [0.05, 0.1) is 32.0 Å². The molecule has 0 fully saturated rings. The van der Waals surface area contributed by atoms with Crippen LogP contribution in [0.15, 0.2) is 101 Å². The highest BCUT2D eigenvalue weighted by Gasteiger charge is 2.27. The summed E-state index contributed by atoms with van der Waals surface area (Å²) in [5.74, 6) is -6.80. The van der Waals surface area contributed by atoms with E-state index in [2.05, 4.69) is 19.4 Å². The van der Waals surface area contributed by atoms with Crippen molar-refractivity contribution >= 4 is 70.4 Å². The Hall–Kier alpha value is -10.0. The van der Waals surface area contributed by atoms with E-state index in [1.807, 2.05) is 0 Å². The molecule has 2 aromatic carbocycles. The molecule has 1 aliphatic carbocycles. The minimum Gasteiger partial charge on any atom is -0.489 e. The number of carbonyl (C=O) groups is 9. The van der Waals surface area contributed by atoms with Crippen LogP contribution in [0.2, 0.25) is 0 Å². The van der Waals surface area contributed by atoms with Crippen molar-refractivity contribution < 1.29 is 104 Å². The molecule has 27 nitrogen and oxygen atoms in total. The van der Waals surface area contributed by atoms with Gasteiger partial charge in [-0.1, -0.05) is 6.07 Å². The molecule has 27 heteroatoms. The van der Waals surface area contributed by atoms with Crippen LogP contribution in [0.25, 0.3) is 55.7 Å². The van der Waals surface area contributed by atoms with Crippen LogP contribution in [0.4, 0.5) is 5.69 Å². The van der Waals surface area contributed by atoms with Gasteiger partial charge in [-0.05, 0) is 65.2 Å². The summed E-state index contributed by atoms with van der Waals surface area (Å²) in [6.45, 7) is -0.681. The fraction of sp³-hybridized carbons (Fsp3) is 0.321. The third-order valence-electron chi connectivity index (χ3n) is 11.3. The Kier molecular flexibility index (Phi) is 23.3. The number of rotatable bonds is 30. The lowest BCUT2D eigenvalue weighted by Crippen LogP contribution is -2.38. The summed E-state index contributed by atoms with van der Waals surface area (Å²) in [4.78, 5) is 134. The molecule has 0 N–H and O–H groups in total. The van der Waals surface area contributed by atoms with Crippen LogP contribution in [0.5, 0.6) is 11.5 Å². The van der Waals surface area contributed by atoms with Gasteiger partial charge in [0, 0.05) is 106 Å². The van der Waals surface area contributed by atoms with Gasteiger partial charge < -0.3 is 66.2 Å². The smallest absolute Gasteiger partial charge is 0.328 e. The molecule has 1 aliphatic heterocycles. The van der Waals surface area contributed by atoms with Gasteiger partial charge in [0.2, 0.25) is 34.0 Å². The van der Waals surface area contributed by atoms with Crippen LogP contribution >= 0.6 is 0 Å². The summed E-state index contributed by atoms with van der Waals surface area (Å²) in [5.41, 5.74) is 3.18. The first-order chi connectivity index (χ1) is 39.8. The monoisotopic (exact) mass is 1150 g/mol. The standard InChI is InChI=1S/C56H56N4O23/c1-34(61)73-29-78-48-24-50-45(22-43(48)40-10-14-58-15-11-40)56(44-21-42(39-8-12-57-13-9-39)47(66)23-49(44)83-50)41-6-7-46(60(27-54(69)81-32-76-37(4)64)28-55(70)82-33-77-38(5)65)51(20-41)72-19-18-71-17-16-59(25-52(67)79-30-74-35(2)62)26-53(68)80-31-75-36(3)63/h6-15,20-24H,16-19,25-33H2,1-5H3. The summed E-state index contributed by atoms with van der Waals surface area (Å²) in [6.07, 6.45) is 6.21. The van der Waals surface area contributed by atoms with Crippen LogP contribution in [-0.2, 0) is 90.5 Å². The molecule has 0 saturated carbocycles. The zero-order valence-corrected chi connectivity index (χ0v) is 45.5. The predicted molar refractivity (Wildman–Crippen MR) is 284 cm³/mol. The molecule has 0 unspecified atom stereocenters. The second-order valence-electron chi connectivity index (χ2n) is 17.3. The van der Waals surface area contributed by atoms with Gasteiger partial charge in [0.15, 0.2) is 5.43 Å². The number of nitrogens with zero attached hydrogens (tertiary/aromatic N) is 4. The number of ether oxygens (including phenoxy) is 12. The first kappa shape index (κ1) is 62.2. The molecule has 0 spiro atoms. The van der Waals surface area contributed by atoms with Crippen molar-refractivity contribution in [3.8, 4) is 56.2 Å². The summed E-state index contributed by atoms with van der Waals surface area (Å²) in [6, 6.07) is 17.9. The number of esters is 9. The molecule has 2 aromatic heterocycles. The number of carbonyl (C=O) groups excluding carboxylic acids is 9. The maximum Gasteiger partial charge on any atom is 0.328 e. The van der Waals surface area contributed by atoms with Crippen LogP contribution < -0.4 is 19.8 Å². The maximum absolute atomic E-state index is 13.9. The molecular weight excluding hydrogens is 1100 g/mol. The van der Waals surface area contributed by atoms with E-state index in [-0.39, 0.29) is 54.9 Å². The number of pyridine rings is 2. The number of benzene rings is 3. The van der Waals surface area contributed by atoms with E-state index < -0.39 is 119 Å². The second-order valence-corrected chi connectivity index (χ2v) is 17.3. The van der Waals surface area contributed by atoms with Gasteiger partial charge in [0.1, 0.15) is 42.5 Å². The average molecular weight is 1150 g/mol. The Morgan fingerprint density at radius 3 is 1.47 bits per heavy atom. The Bertz CT molecular complexity index is 3250. The molecule has 438 valence electrons. The first-order valence-corrected chi connectivity index (χ1v) is 25.0. The summed E-state index contributed by atoms with van der Waals surface area (Å²) >= 11 is 0. The Balaban J connectivity index is 1.45. The SMILES string of the molecule is CC(=O)OCOC(=O)CN(CCOCCOc1cc(-c2c3cc(-c4ccncc4)c(=O)cc-3oc3cc(OCOC(C)=O)c(-c4ccncc4)cc23)ccc1N(CC(=O)OCOC(C)=O)CC(=O)OCOC(C)=O)CC(=O)OCOC(C)=O. The van der Waals surface area contributed by atoms with E-state index in [9.17, 15) is 47.9 Å². The van der Waals surface area contributed by atoms with Gasteiger partial charge >= 0.3 is 53.7 Å². The summed E-state index contributed by atoms with van der Waals surface area (Å²) in [5, 5.41) is 0.459. The van der Waals surface area contributed by atoms with Crippen molar-refractivity contribution in [3.05, 3.63) is 102 Å². The van der Waals surface area contributed by atoms with Crippen molar-refractivity contribution in [1.82, 2.24) is 14.9 Å². The second kappa shape index (κ2) is 31.1. The molecule has 83 heavy (non-hydrogen) atoms. The Morgan fingerprint density at radius 1 is 0.458 bits per heavy atom. The van der Waals surface area contributed by atoms with Crippen LogP contribution in [0.1, 0.15) is 34.6 Å². The number of anilines is 1. The summed E-state index contributed by atoms with van der Waals surface area (Å²) in [7, 11) is 0. The maximum atomic E-state index is 13.9. The zero-order valence-electron chi connectivity index (χ0n) is 45.5. The van der Waals surface area contributed by atoms with Crippen LogP contribution in [-0.4, -0.2) is 155 Å². The van der Waals surface area contributed by atoms with E-state index >= 15 is 0 Å². The molecule has 0 radical (unpaired) electrons. The first-order valence-electron chi connectivity index (χ1n) is 25.0. The lowest BCUT2D eigenvalue weighted by Gasteiger charge is -2.26. The molecule has 0 amide bonds. The molecular formula is C56H56N4O23. The van der Waals surface area contributed by atoms with Crippen molar-refractivity contribution in [2.24, 2.45) is 0 Å². The number of hydrogen-bond acceptors (Lipinski definition) is 27. The topological polar surface area (TPSA) is 327 Å². The van der Waals surface area contributed by atoms with Crippen molar-refractivity contribution in [2.75, 3.05) is 91.4 Å². The number of fused-ring (bicyclic) bond motifs is 2.